The monoisotopic (exact) mass is 397 g/mol. The van der Waals surface area contributed by atoms with Crippen LogP contribution in [0.1, 0.15) is 11.4 Å². The molecule has 1 aromatic heterocycles. The van der Waals surface area contributed by atoms with Crippen LogP contribution >= 0.6 is 11.6 Å². The molecule has 0 unspecified atom stereocenters. The van der Waals surface area contributed by atoms with E-state index in [1.165, 1.54) is 18.3 Å². The lowest BCUT2D eigenvalue weighted by molar-refractivity contribution is -0.384. The number of tetrazole rings is 1. The average molecular weight is 398 g/mol. The summed E-state index contributed by atoms with van der Waals surface area (Å²) in [5, 5.41) is 36.9. The van der Waals surface area contributed by atoms with Crippen LogP contribution in [-0.2, 0) is 0 Å². The van der Waals surface area contributed by atoms with Crippen molar-refractivity contribution >= 4 is 28.5 Å². The highest BCUT2D eigenvalue weighted by molar-refractivity contribution is 6.30. The minimum atomic E-state index is -0.541. The van der Waals surface area contributed by atoms with E-state index in [0.717, 1.165) is 5.56 Å². The van der Waals surface area contributed by atoms with E-state index in [1.807, 2.05) is 13.0 Å². The minimum absolute atomic E-state index is 0.0914. The van der Waals surface area contributed by atoms with E-state index < -0.39 is 4.92 Å². The highest BCUT2D eigenvalue weighted by Gasteiger charge is 2.13. The van der Waals surface area contributed by atoms with Crippen LogP contribution in [0.5, 0.6) is 11.5 Å². The van der Waals surface area contributed by atoms with Crippen molar-refractivity contribution < 1.29 is 9.66 Å². The molecule has 3 aromatic rings. The third-order valence-corrected chi connectivity index (χ3v) is 3.79. The summed E-state index contributed by atoms with van der Waals surface area (Å²) >= 11 is 5.93. The predicted molar refractivity (Wildman–Crippen MR) is 101 cm³/mol. The number of nitro benzene ring substituents is 1. The Labute approximate surface area is 163 Å². The SMILES string of the molecule is Cc1cc(Cl)ccc1Oc1cc(NC=C(C#N)c2nn[nH]n2)cc([N+](=O)[O-])c1. The predicted octanol–water partition coefficient (Wildman–Crippen LogP) is 3.84. The third-order valence-electron chi connectivity index (χ3n) is 3.56. The lowest BCUT2D eigenvalue weighted by atomic mass is 10.2. The van der Waals surface area contributed by atoms with E-state index in [4.69, 9.17) is 16.3 Å². The van der Waals surface area contributed by atoms with Gasteiger partial charge in [0.2, 0.25) is 5.82 Å². The van der Waals surface area contributed by atoms with Gasteiger partial charge >= 0.3 is 0 Å². The molecule has 3 rings (SSSR count). The van der Waals surface area contributed by atoms with Crippen LogP contribution in [0.4, 0.5) is 11.4 Å². The Morgan fingerprint density at radius 3 is 2.86 bits per heavy atom. The maximum Gasteiger partial charge on any atom is 0.275 e. The van der Waals surface area contributed by atoms with Crippen LogP contribution in [0.2, 0.25) is 5.02 Å². The average Bonchev–Trinajstić information content (AvgIpc) is 3.19. The second kappa shape index (κ2) is 8.15. The normalized spacial score (nSPS) is 11.0. The number of non-ortho nitro benzene ring substituents is 1. The Bertz CT molecular complexity index is 1090. The molecule has 0 fully saturated rings. The van der Waals surface area contributed by atoms with Gasteiger partial charge in [0.1, 0.15) is 23.1 Å². The second-order valence-corrected chi connectivity index (χ2v) is 5.97. The highest BCUT2D eigenvalue weighted by atomic mass is 35.5. The van der Waals surface area contributed by atoms with E-state index in [0.29, 0.717) is 16.5 Å². The molecular formula is C17H12ClN7O3. The molecular weight excluding hydrogens is 386 g/mol. The van der Waals surface area contributed by atoms with Crippen LogP contribution in [0.25, 0.3) is 5.57 Å². The van der Waals surface area contributed by atoms with Crippen molar-refractivity contribution in [2.45, 2.75) is 6.92 Å². The van der Waals surface area contributed by atoms with Crippen molar-refractivity contribution in [1.82, 2.24) is 20.6 Å². The van der Waals surface area contributed by atoms with E-state index >= 15 is 0 Å². The number of benzene rings is 2. The maximum atomic E-state index is 11.3. The first-order chi connectivity index (χ1) is 13.5. The number of hydrogen-bond acceptors (Lipinski definition) is 8. The van der Waals surface area contributed by atoms with E-state index in [9.17, 15) is 15.4 Å². The summed E-state index contributed by atoms with van der Waals surface area (Å²) in [5.41, 5.74) is 1.03. The molecule has 2 aromatic carbocycles. The Morgan fingerprint density at radius 2 is 2.21 bits per heavy atom. The summed E-state index contributed by atoms with van der Waals surface area (Å²) in [6, 6.07) is 11.1. The van der Waals surface area contributed by atoms with Crippen LogP contribution in [-0.4, -0.2) is 25.5 Å². The summed E-state index contributed by atoms with van der Waals surface area (Å²) in [6.45, 7) is 1.81. The number of halogens is 1. The molecule has 0 amide bonds. The first-order valence-electron chi connectivity index (χ1n) is 7.80. The molecule has 1 heterocycles. The second-order valence-electron chi connectivity index (χ2n) is 5.53. The number of nitriles is 1. The molecule has 0 aliphatic heterocycles. The Kier molecular flexibility index (Phi) is 5.48. The fourth-order valence-corrected chi connectivity index (χ4v) is 2.49. The molecule has 0 aliphatic carbocycles. The molecule has 0 saturated carbocycles. The first kappa shape index (κ1) is 18.8. The van der Waals surface area contributed by atoms with Gasteiger partial charge in [-0.05, 0) is 35.9 Å². The van der Waals surface area contributed by atoms with Gasteiger partial charge in [0.15, 0.2) is 0 Å². The van der Waals surface area contributed by atoms with Crippen molar-refractivity contribution in [2.75, 3.05) is 5.32 Å². The number of nitro groups is 1. The van der Waals surface area contributed by atoms with E-state index in [1.54, 1.807) is 24.3 Å². The molecule has 0 bridgehead atoms. The van der Waals surface area contributed by atoms with Gasteiger partial charge in [-0.15, -0.1) is 10.2 Å². The largest absolute Gasteiger partial charge is 0.457 e. The number of allylic oxidation sites excluding steroid dienone is 1. The molecule has 10 nitrogen and oxygen atoms in total. The number of H-pyrrole nitrogens is 1. The zero-order valence-corrected chi connectivity index (χ0v) is 15.1. The van der Waals surface area contributed by atoms with Crippen molar-refractivity contribution in [3.63, 3.8) is 0 Å². The third kappa shape index (κ3) is 4.40. The van der Waals surface area contributed by atoms with Gasteiger partial charge in [0.05, 0.1) is 11.0 Å². The van der Waals surface area contributed by atoms with Crippen LogP contribution < -0.4 is 10.1 Å². The van der Waals surface area contributed by atoms with Gasteiger partial charge in [-0.3, -0.25) is 10.1 Å². The Morgan fingerprint density at radius 1 is 1.39 bits per heavy atom. The van der Waals surface area contributed by atoms with Crippen LogP contribution in [0.3, 0.4) is 0 Å². The number of anilines is 1. The summed E-state index contributed by atoms with van der Waals surface area (Å²) in [5.74, 6) is 0.846. The smallest absolute Gasteiger partial charge is 0.275 e. The summed E-state index contributed by atoms with van der Waals surface area (Å²) < 4.78 is 5.77. The van der Waals surface area contributed by atoms with Gasteiger partial charge in [-0.1, -0.05) is 11.6 Å². The molecule has 0 spiro atoms. The lowest BCUT2D eigenvalue weighted by Gasteiger charge is -2.10. The van der Waals surface area contributed by atoms with Crippen molar-refractivity contribution in [2.24, 2.45) is 0 Å². The van der Waals surface area contributed by atoms with Gasteiger partial charge < -0.3 is 10.1 Å². The molecule has 0 atom stereocenters. The zero-order valence-electron chi connectivity index (χ0n) is 14.4. The van der Waals surface area contributed by atoms with E-state index in [2.05, 4.69) is 25.9 Å². The molecule has 0 saturated heterocycles. The van der Waals surface area contributed by atoms with Crippen molar-refractivity contribution in [3.05, 3.63) is 69.1 Å². The van der Waals surface area contributed by atoms with E-state index in [-0.39, 0.29) is 22.8 Å². The zero-order chi connectivity index (χ0) is 20.1. The number of rotatable bonds is 6. The highest BCUT2D eigenvalue weighted by Crippen LogP contribution is 2.32. The number of ether oxygens (including phenoxy) is 1. The van der Waals surface area contributed by atoms with Crippen LogP contribution in [0, 0.1) is 28.4 Å². The Balaban J connectivity index is 1.91. The molecule has 2 N–H and O–H groups in total. The lowest BCUT2D eigenvalue weighted by Crippen LogP contribution is -1.96. The van der Waals surface area contributed by atoms with Gasteiger partial charge in [-0.2, -0.15) is 10.5 Å². The van der Waals surface area contributed by atoms with Crippen molar-refractivity contribution in [1.29, 1.82) is 5.26 Å². The topological polar surface area (TPSA) is 143 Å². The minimum Gasteiger partial charge on any atom is -0.457 e. The number of hydrogen-bond donors (Lipinski definition) is 2. The van der Waals surface area contributed by atoms with Gasteiger partial charge in [-0.25, -0.2) is 0 Å². The summed E-state index contributed by atoms with van der Waals surface area (Å²) in [6.07, 6.45) is 1.32. The van der Waals surface area contributed by atoms with Crippen molar-refractivity contribution in [3.8, 4) is 17.6 Å². The molecule has 28 heavy (non-hydrogen) atoms. The fourth-order valence-electron chi connectivity index (χ4n) is 2.26. The van der Waals surface area contributed by atoms with Crippen LogP contribution in [0.15, 0.2) is 42.6 Å². The Hall–Kier alpha value is -3.97. The quantitative estimate of drug-likeness (QED) is 0.362. The first-order valence-corrected chi connectivity index (χ1v) is 8.18. The van der Waals surface area contributed by atoms with Gasteiger partial charge in [0.25, 0.3) is 5.69 Å². The number of nitrogens with one attached hydrogen (secondary N) is 2. The molecule has 0 radical (unpaired) electrons. The standard InChI is InChI=1S/C17H12ClN7O3/c1-10-4-12(18)2-3-16(10)28-15-6-13(5-14(7-15)25(26)27)20-9-11(8-19)17-21-23-24-22-17/h2-7,9,20H,1H3,(H,21,22,23,24). The maximum absolute atomic E-state index is 11.3. The number of nitrogens with zero attached hydrogens (tertiary/aromatic N) is 5. The number of aromatic amines is 1. The molecule has 140 valence electrons. The number of aromatic nitrogens is 4. The molecule has 11 heteroatoms. The number of aryl methyl sites for hydroxylation is 1. The summed E-state index contributed by atoms with van der Waals surface area (Å²) in [7, 11) is 0. The summed E-state index contributed by atoms with van der Waals surface area (Å²) in [4.78, 5) is 10.7. The molecule has 0 aliphatic rings. The fraction of sp³-hybridized carbons (Fsp3) is 0.0588. The van der Waals surface area contributed by atoms with Gasteiger partial charge in [0, 0.05) is 29.0 Å².